The largest absolute Gasteiger partial charge is 0.450 e. The summed E-state index contributed by atoms with van der Waals surface area (Å²) in [6.45, 7) is 15.1. The quantitative estimate of drug-likeness (QED) is 0.703. The van der Waals surface area contributed by atoms with Gasteiger partial charge in [-0.2, -0.15) is 11.8 Å². The maximum absolute atomic E-state index is 12.9. The van der Waals surface area contributed by atoms with Gasteiger partial charge in [0.25, 0.3) is 0 Å². The number of hydrogen-bond donors (Lipinski definition) is 0. The Labute approximate surface area is 133 Å². The van der Waals surface area contributed by atoms with Crippen LogP contribution in [-0.4, -0.2) is 28.7 Å². The van der Waals surface area contributed by atoms with E-state index in [9.17, 15) is 4.79 Å². The molecule has 1 fully saturated rings. The minimum atomic E-state index is -0.455. The second-order valence-electron chi connectivity index (χ2n) is 7.27. The molecule has 1 heterocycles. The number of ether oxygens (including phenoxy) is 1. The summed E-state index contributed by atoms with van der Waals surface area (Å²) in [4.78, 5) is 12.9. The lowest BCUT2D eigenvalue weighted by atomic mass is 9.58. The molecule has 0 saturated carbocycles. The van der Waals surface area contributed by atoms with Gasteiger partial charge in [0.2, 0.25) is 0 Å². The van der Waals surface area contributed by atoms with Gasteiger partial charge in [-0.05, 0) is 24.2 Å². The Morgan fingerprint density at radius 3 is 2.15 bits per heavy atom. The molecule has 1 aliphatic heterocycles. The molecule has 1 aliphatic rings. The van der Waals surface area contributed by atoms with E-state index >= 15 is 0 Å². The lowest BCUT2D eigenvalue weighted by Gasteiger charge is -2.46. The topological polar surface area (TPSA) is 26.3 Å². The van der Waals surface area contributed by atoms with Crippen LogP contribution in [0, 0.1) is 22.7 Å². The Hall–Kier alpha value is 0.170. The number of carbonyl (C=O) groups excluding carboxylic acids is 1. The van der Waals surface area contributed by atoms with Crippen LogP contribution in [0.25, 0.3) is 0 Å². The molecule has 3 unspecified atom stereocenters. The molecule has 2 nitrogen and oxygen atoms in total. The lowest BCUT2D eigenvalue weighted by molar-refractivity contribution is -0.169. The molecule has 118 valence electrons. The average Bonchev–Trinajstić information content (AvgIpc) is 2.36. The monoisotopic (exact) mass is 318 g/mol. The van der Waals surface area contributed by atoms with Gasteiger partial charge in [0.15, 0.2) is 5.44 Å². The van der Waals surface area contributed by atoms with Gasteiger partial charge in [-0.25, -0.2) is 0 Å². The molecular weight excluding hydrogens is 288 g/mol. The summed E-state index contributed by atoms with van der Waals surface area (Å²) in [6, 6.07) is 0. The highest BCUT2D eigenvalue weighted by atomic mass is 32.2. The second kappa shape index (κ2) is 6.95. The Morgan fingerprint density at radius 1 is 1.15 bits per heavy atom. The van der Waals surface area contributed by atoms with Crippen molar-refractivity contribution in [3.05, 3.63) is 0 Å². The van der Waals surface area contributed by atoms with Crippen LogP contribution < -0.4 is 0 Å². The van der Waals surface area contributed by atoms with E-state index in [-0.39, 0.29) is 22.7 Å². The SMILES string of the molecule is CC(C)C(C)C(C)(C(=O)OC1CSCCS1)C(C)(C)C. The van der Waals surface area contributed by atoms with Gasteiger partial charge in [0, 0.05) is 17.3 Å². The van der Waals surface area contributed by atoms with Crippen LogP contribution in [0.3, 0.4) is 0 Å². The molecule has 20 heavy (non-hydrogen) atoms. The number of carbonyl (C=O) groups is 1. The minimum absolute atomic E-state index is 0.0220. The third-order valence-electron chi connectivity index (χ3n) is 4.92. The fraction of sp³-hybridized carbons (Fsp3) is 0.938. The second-order valence-corrected chi connectivity index (χ2v) is 9.68. The maximum atomic E-state index is 12.9. The van der Waals surface area contributed by atoms with Crippen molar-refractivity contribution in [2.75, 3.05) is 17.3 Å². The minimum Gasteiger partial charge on any atom is -0.450 e. The van der Waals surface area contributed by atoms with E-state index in [0.29, 0.717) is 5.92 Å². The number of thioether (sulfide) groups is 2. The van der Waals surface area contributed by atoms with Gasteiger partial charge in [-0.1, -0.05) is 41.5 Å². The standard InChI is InChI=1S/C16H30O2S2/c1-11(2)12(3)16(7,15(4,5)6)14(17)18-13-10-19-8-9-20-13/h11-13H,8-10H2,1-7H3. The Kier molecular flexibility index (Phi) is 6.33. The number of rotatable bonds is 4. The molecule has 1 saturated heterocycles. The lowest BCUT2D eigenvalue weighted by Crippen LogP contribution is -2.49. The molecule has 0 aliphatic carbocycles. The summed E-state index contributed by atoms with van der Waals surface area (Å²) in [5.41, 5.74) is -0.535. The summed E-state index contributed by atoms with van der Waals surface area (Å²) < 4.78 is 5.86. The van der Waals surface area contributed by atoms with Crippen molar-refractivity contribution >= 4 is 29.5 Å². The van der Waals surface area contributed by atoms with E-state index in [1.807, 2.05) is 11.8 Å². The van der Waals surface area contributed by atoms with Crippen LogP contribution >= 0.6 is 23.5 Å². The highest BCUT2D eigenvalue weighted by Crippen LogP contribution is 2.48. The first kappa shape index (κ1) is 18.2. The molecule has 0 bridgehead atoms. The van der Waals surface area contributed by atoms with Crippen LogP contribution in [-0.2, 0) is 9.53 Å². The molecule has 4 heteroatoms. The first-order chi connectivity index (χ1) is 9.10. The zero-order valence-electron chi connectivity index (χ0n) is 14.0. The molecule has 3 atom stereocenters. The molecule has 0 aromatic heterocycles. The van der Waals surface area contributed by atoms with E-state index in [2.05, 4.69) is 48.5 Å². The predicted molar refractivity (Wildman–Crippen MR) is 91.2 cm³/mol. The van der Waals surface area contributed by atoms with E-state index in [0.717, 1.165) is 17.3 Å². The van der Waals surface area contributed by atoms with Gasteiger partial charge in [0.05, 0.1) is 5.41 Å². The third kappa shape index (κ3) is 3.88. The Morgan fingerprint density at radius 2 is 1.75 bits per heavy atom. The van der Waals surface area contributed by atoms with E-state index in [1.165, 1.54) is 0 Å². The zero-order valence-corrected chi connectivity index (χ0v) is 15.6. The Bertz CT molecular complexity index is 330. The first-order valence-corrected chi connectivity index (χ1v) is 9.71. The maximum Gasteiger partial charge on any atom is 0.313 e. The molecule has 0 aromatic carbocycles. The Balaban J connectivity index is 2.90. The van der Waals surface area contributed by atoms with Gasteiger partial charge in [-0.3, -0.25) is 4.79 Å². The van der Waals surface area contributed by atoms with E-state index in [1.54, 1.807) is 11.8 Å². The van der Waals surface area contributed by atoms with Crippen LogP contribution in [0.15, 0.2) is 0 Å². The highest BCUT2D eigenvalue weighted by molar-refractivity contribution is 8.06. The smallest absolute Gasteiger partial charge is 0.313 e. The molecule has 0 radical (unpaired) electrons. The average molecular weight is 319 g/mol. The molecule has 0 spiro atoms. The van der Waals surface area contributed by atoms with Gasteiger partial charge in [-0.15, -0.1) is 11.8 Å². The van der Waals surface area contributed by atoms with Gasteiger partial charge < -0.3 is 4.74 Å². The van der Waals surface area contributed by atoms with Gasteiger partial charge in [0.1, 0.15) is 0 Å². The first-order valence-electron chi connectivity index (χ1n) is 7.51. The summed E-state index contributed by atoms with van der Waals surface area (Å²) in [6.07, 6.45) is 0. The van der Waals surface area contributed by atoms with Crippen molar-refractivity contribution in [3.63, 3.8) is 0 Å². The molecule has 1 rings (SSSR count). The number of hydrogen-bond acceptors (Lipinski definition) is 4. The normalized spacial score (nSPS) is 25.1. The van der Waals surface area contributed by atoms with Crippen LogP contribution in [0.1, 0.15) is 48.5 Å². The molecule has 0 N–H and O–H groups in total. The third-order valence-corrected chi connectivity index (χ3v) is 7.49. The fourth-order valence-electron chi connectivity index (χ4n) is 2.62. The predicted octanol–water partition coefficient (Wildman–Crippen LogP) is 4.68. The summed E-state index contributed by atoms with van der Waals surface area (Å²) >= 11 is 3.65. The summed E-state index contributed by atoms with van der Waals surface area (Å²) in [7, 11) is 0. The van der Waals surface area contributed by atoms with Crippen molar-refractivity contribution in [1.29, 1.82) is 0 Å². The van der Waals surface area contributed by atoms with Crippen molar-refractivity contribution in [2.24, 2.45) is 22.7 Å². The van der Waals surface area contributed by atoms with Gasteiger partial charge >= 0.3 is 5.97 Å². The van der Waals surface area contributed by atoms with E-state index in [4.69, 9.17) is 4.74 Å². The van der Waals surface area contributed by atoms with Crippen molar-refractivity contribution in [3.8, 4) is 0 Å². The molecule has 0 amide bonds. The van der Waals surface area contributed by atoms with Crippen molar-refractivity contribution in [2.45, 2.75) is 53.9 Å². The summed E-state index contributed by atoms with van der Waals surface area (Å²) in [5, 5.41) is 0. The van der Waals surface area contributed by atoms with Crippen LogP contribution in [0.2, 0.25) is 0 Å². The van der Waals surface area contributed by atoms with E-state index < -0.39 is 5.41 Å². The highest BCUT2D eigenvalue weighted by Gasteiger charge is 2.51. The van der Waals surface area contributed by atoms with Crippen LogP contribution in [0.4, 0.5) is 0 Å². The molecule has 0 aromatic rings. The van der Waals surface area contributed by atoms with Crippen LogP contribution in [0.5, 0.6) is 0 Å². The number of esters is 1. The molecular formula is C16H30O2S2. The summed E-state index contributed by atoms with van der Waals surface area (Å²) in [5.74, 6) is 3.89. The van der Waals surface area contributed by atoms with Crippen molar-refractivity contribution in [1.82, 2.24) is 0 Å². The zero-order chi connectivity index (χ0) is 15.6. The van der Waals surface area contributed by atoms with Crippen molar-refractivity contribution < 1.29 is 9.53 Å². The fourth-order valence-corrected chi connectivity index (χ4v) is 4.99.